The Hall–Kier alpha value is -2.01. The fraction of sp³-hybridized carbons (Fsp3) is 0.214. The Balaban J connectivity index is 2.35. The lowest BCUT2D eigenvalue weighted by Crippen LogP contribution is -2.07. The van der Waals surface area contributed by atoms with Crippen molar-refractivity contribution in [3.05, 3.63) is 46.4 Å². The van der Waals surface area contributed by atoms with Crippen LogP contribution in [0.25, 0.3) is 0 Å². The largest absolute Gasteiger partial charge is 0.507 e. The predicted molar refractivity (Wildman–Crippen MR) is 75.5 cm³/mol. The van der Waals surface area contributed by atoms with Gasteiger partial charge < -0.3 is 15.6 Å². The monoisotopic (exact) mass is 296 g/mol. The topological polar surface area (TPSA) is 68.4 Å². The zero-order valence-electron chi connectivity index (χ0n) is 11.0. The molecule has 1 aromatic carbocycles. The van der Waals surface area contributed by atoms with E-state index in [2.05, 4.69) is 4.98 Å². The van der Waals surface area contributed by atoms with E-state index in [-0.39, 0.29) is 22.2 Å². The number of ether oxygens (including phenoxy) is 1. The van der Waals surface area contributed by atoms with Gasteiger partial charge in [-0.15, -0.1) is 0 Å². The molecule has 1 atom stereocenters. The molecule has 0 amide bonds. The number of nitrogens with two attached hydrogens (primary N) is 1. The number of aromatic hydroxyl groups is 1. The summed E-state index contributed by atoms with van der Waals surface area (Å²) in [4.78, 5) is 3.97. The van der Waals surface area contributed by atoms with Gasteiger partial charge in [0.2, 0.25) is 0 Å². The zero-order valence-corrected chi connectivity index (χ0v) is 11.8. The summed E-state index contributed by atoms with van der Waals surface area (Å²) in [7, 11) is 0. The summed E-state index contributed by atoms with van der Waals surface area (Å²) in [5.41, 5.74) is 6.76. The van der Waals surface area contributed by atoms with Crippen LogP contribution < -0.4 is 10.5 Å². The van der Waals surface area contributed by atoms with E-state index in [1.807, 2.05) is 6.92 Å². The maximum Gasteiger partial charge on any atom is 0.166 e. The Kier molecular flexibility index (Phi) is 3.99. The average Bonchev–Trinajstić information content (AvgIpc) is 2.39. The molecule has 1 unspecified atom stereocenters. The number of nitrogens with zero attached hydrogens (tertiary/aromatic N) is 1. The van der Waals surface area contributed by atoms with Gasteiger partial charge >= 0.3 is 0 Å². The quantitative estimate of drug-likeness (QED) is 0.908. The van der Waals surface area contributed by atoms with Gasteiger partial charge in [-0.2, -0.15) is 0 Å². The molecule has 0 spiro atoms. The van der Waals surface area contributed by atoms with Crippen LogP contribution in [0, 0.1) is 12.7 Å². The molecule has 106 valence electrons. The number of rotatable bonds is 3. The summed E-state index contributed by atoms with van der Waals surface area (Å²) in [5, 5.41) is 9.64. The van der Waals surface area contributed by atoms with Gasteiger partial charge in [0.05, 0.1) is 10.6 Å². The lowest BCUT2D eigenvalue weighted by atomic mass is 10.1. The van der Waals surface area contributed by atoms with E-state index in [1.165, 1.54) is 6.07 Å². The maximum absolute atomic E-state index is 13.5. The predicted octanol–water partition coefficient (Wildman–Crippen LogP) is 3.61. The van der Waals surface area contributed by atoms with E-state index in [0.717, 1.165) is 11.6 Å². The standard InChI is InChI=1S/C14H14ClFN2O2/c1-7-5-11(14(17)18-6-7)20-8(2)12-10(19)4-3-9(16)13(12)15/h3-6,8,19H,1-2H3,(H2,17,18). The summed E-state index contributed by atoms with van der Waals surface area (Å²) >= 11 is 5.87. The van der Waals surface area contributed by atoms with Gasteiger partial charge in [0.1, 0.15) is 17.7 Å². The molecule has 20 heavy (non-hydrogen) atoms. The van der Waals surface area contributed by atoms with Crippen LogP contribution in [0.2, 0.25) is 5.02 Å². The van der Waals surface area contributed by atoms with Crippen molar-refractivity contribution in [1.82, 2.24) is 4.98 Å². The Labute approximate surface area is 121 Å². The molecule has 1 aromatic heterocycles. The van der Waals surface area contributed by atoms with Crippen LogP contribution in [-0.2, 0) is 0 Å². The third-order valence-electron chi connectivity index (χ3n) is 2.84. The van der Waals surface area contributed by atoms with Crippen molar-refractivity contribution in [2.24, 2.45) is 0 Å². The molecule has 2 rings (SSSR count). The van der Waals surface area contributed by atoms with E-state index in [4.69, 9.17) is 22.1 Å². The summed E-state index contributed by atoms with van der Waals surface area (Å²) in [6.07, 6.45) is 0.934. The number of anilines is 1. The molecule has 2 aromatic rings. The second kappa shape index (κ2) is 5.54. The first-order valence-electron chi connectivity index (χ1n) is 5.95. The molecule has 6 heteroatoms. The minimum Gasteiger partial charge on any atom is -0.507 e. The smallest absolute Gasteiger partial charge is 0.166 e. The Morgan fingerprint density at radius 1 is 1.45 bits per heavy atom. The van der Waals surface area contributed by atoms with E-state index in [9.17, 15) is 9.50 Å². The molecule has 4 nitrogen and oxygen atoms in total. The fourth-order valence-electron chi connectivity index (χ4n) is 1.84. The summed E-state index contributed by atoms with van der Waals surface area (Å²) in [6.45, 7) is 3.48. The number of nitrogen functional groups attached to an aromatic ring is 1. The SMILES string of the molecule is Cc1cnc(N)c(OC(C)c2c(O)ccc(F)c2Cl)c1. The molecular weight excluding hydrogens is 283 g/mol. The third kappa shape index (κ3) is 2.77. The van der Waals surface area contributed by atoms with Gasteiger partial charge in [-0.3, -0.25) is 0 Å². The van der Waals surface area contributed by atoms with Crippen molar-refractivity contribution in [2.75, 3.05) is 5.73 Å². The Morgan fingerprint density at radius 2 is 2.15 bits per heavy atom. The van der Waals surface area contributed by atoms with E-state index in [0.29, 0.717) is 5.75 Å². The van der Waals surface area contributed by atoms with Gasteiger partial charge in [0, 0.05) is 6.20 Å². The molecule has 3 N–H and O–H groups in total. The highest BCUT2D eigenvalue weighted by Crippen LogP contribution is 2.36. The second-order valence-electron chi connectivity index (χ2n) is 4.45. The number of phenolic OH excluding ortho intramolecular Hbond substituents is 1. The molecule has 0 aliphatic rings. The van der Waals surface area contributed by atoms with Crippen LogP contribution in [0.5, 0.6) is 11.5 Å². The molecule has 1 heterocycles. The zero-order chi connectivity index (χ0) is 14.9. The number of phenols is 1. The van der Waals surface area contributed by atoms with Crippen molar-refractivity contribution in [1.29, 1.82) is 0 Å². The van der Waals surface area contributed by atoms with E-state index >= 15 is 0 Å². The highest BCUT2D eigenvalue weighted by molar-refractivity contribution is 6.31. The highest BCUT2D eigenvalue weighted by Gasteiger charge is 2.20. The molecule has 0 aliphatic heterocycles. The van der Waals surface area contributed by atoms with Gasteiger partial charge in [0.15, 0.2) is 11.6 Å². The van der Waals surface area contributed by atoms with E-state index < -0.39 is 11.9 Å². The van der Waals surface area contributed by atoms with Crippen molar-refractivity contribution >= 4 is 17.4 Å². The van der Waals surface area contributed by atoms with Crippen LogP contribution in [0.4, 0.5) is 10.2 Å². The number of aryl methyl sites for hydroxylation is 1. The number of halogens is 2. The number of hydrogen-bond donors (Lipinski definition) is 2. The summed E-state index contributed by atoms with van der Waals surface area (Å²) in [6, 6.07) is 4.04. The van der Waals surface area contributed by atoms with Crippen molar-refractivity contribution in [2.45, 2.75) is 20.0 Å². The fourth-order valence-corrected chi connectivity index (χ4v) is 2.15. The molecule has 0 bridgehead atoms. The van der Waals surface area contributed by atoms with Crippen molar-refractivity contribution in [3.63, 3.8) is 0 Å². The minimum atomic E-state index is -0.677. The maximum atomic E-state index is 13.5. The van der Waals surface area contributed by atoms with Crippen LogP contribution in [0.1, 0.15) is 24.2 Å². The van der Waals surface area contributed by atoms with Gasteiger partial charge in [-0.1, -0.05) is 11.6 Å². The van der Waals surface area contributed by atoms with Crippen LogP contribution in [0.3, 0.4) is 0 Å². The van der Waals surface area contributed by atoms with Crippen LogP contribution in [-0.4, -0.2) is 10.1 Å². The van der Waals surface area contributed by atoms with Gasteiger partial charge in [-0.25, -0.2) is 9.37 Å². The average molecular weight is 297 g/mol. The molecular formula is C14H14ClFN2O2. The lowest BCUT2D eigenvalue weighted by molar-refractivity contribution is 0.222. The molecule has 0 radical (unpaired) electrons. The molecule has 0 fully saturated rings. The Bertz CT molecular complexity index is 649. The number of aromatic nitrogens is 1. The van der Waals surface area contributed by atoms with Gasteiger partial charge in [-0.05, 0) is 37.6 Å². The number of benzene rings is 1. The molecule has 0 saturated heterocycles. The second-order valence-corrected chi connectivity index (χ2v) is 4.83. The van der Waals surface area contributed by atoms with Crippen molar-refractivity contribution in [3.8, 4) is 11.5 Å². The summed E-state index contributed by atoms with van der Waals surface area (Å²) in [5.74, 6) is -0.181. The Morgan fingerprint density at radius 3 is 2.85 bits per heavy atom. The van der Waals surface area contributed by atoms with Crippen LogP contribution in [0.15, 0.2) is 24.4 Å². The normalized spacial score (nSPS) is 12.2. The van der Waals surface area contributed by atoms with Crippen molar-refractivity contribution < 1.29 is 14.2 Å². The first-order chi connectivity index (χ1) is 9.40. The number of hydrogen-bond acceptors (Lipinski definition) is 4. The van der Waals surface area contributed by atoms with E-state index in [1.54, 1.807) is 19.2 Å². The number of pyridine rings is 1. The third-order valence-corrected chi connectivity index (χ3v) is 3.22. The van der Waals surface area contributed by atoms with Crippen LogP contribution >= 0.6 is 11.6 Å². The molecule has 0 aliphatic carbocycles. The first kappa shape index (κ1) is 14.4. The summed E-state index contributed by atoms with van der Waals surface area (Å²) < 4.78 is 19.1. The van der Waals surface area contributed by atoms with Gasteiger partial charge in [0.25, 0.3) is 0 Å². The highest BCUT2D eigenvalue weighted by atomic mass is 35.5. The molecule has 0 saturated carbocycles. The first-order valence-corrected chi connectivity index (χ1v) is 6.33. The minimum absolute atomic E-state index is 0.136. The lowest BCUT2D eigenvalue weighted by Gasteiger charge is -2.18.